The van der Waals surface area contributed by atoms with E-state index in [1.54, 1.807) is 0 Å². The van der Waals surface area contributed by atoms with E-state index in [0.717, 1.165) is 12.0 Å². The van der Waals surface area contributed by atoms with E-state index in [1.165, 1.54) is 5.56 Å². The number of benzene rings is 1. The predicted molar refractivity (Wildman–Crippen MR) is 73.5 cm³/mol. The van der Waals surface area contributed by atoms with Crippen LogP contribution in [-0.2, 0) is 13.0 Å². The van der Waals surface area contributed by atoms with Gasteiger partial charge in [-0.1, -0.05) is 31.2 Å². The zero-order valence-corrected chi connectivity index (χ0v) is 11.7. The minimum atomic E-state index is -4.12. The number of hydrogen-bond donors (Lipinski definition) is 1. The molecule has 1 aliphatic rings. The van der Waals surface area contributed by atoms with E-state index in [1.807, 2.05) is 29.2 Å². The molecule has 1 aromatic rings. The van der Waals surface area contributed by atoms with E-state index in [0.29, 0.717) is 19.6 Å². The minimum absolute atomic E-state index is 0.0226. The van der Waals surface area contributed by atoms with Crippen molar-refractivity contribution in [2.75, 3.05) is 26.2 Å². The van der Waals surface area contributed by atoms with Gasteiger partial charge in [0.25, 0.3) is 0 Å². The Morgan fingerprint density at radius 2 is 1.85 bits per heavy atom. The van der Waals surface area contributed by atoms with Crippen LogP contribution < -0.4 is 5.32 Å². The lowest BCUT2D eigenvalue weighted by atomic mass is 10.1. The highest BCUT2D eigenvalue weighted by molar-refractivity contribution is 5.22. The van der Waals surface area contributed by atoms with Crippen LogP contribution in [0.4, 0.5) is 13.2 Å². The van der Waals surface area contributed by atoms with E-state index >= 15 is 0 Å². The topological polar surface area (TPSA) is 15.3 Å². The van der Waals surface area contributed by atoms with Crippen molar-refractivity contribution in [2.45, 2.75) is 26.1 Å². The molecule has 0 aromatic heterocycles. The molecule has 1 aromatic carbocycles. The highest BCUT2D eigenvalue weighted by Crippen LogP contribution is 2.27. The molecule has 0 bridgehead atoms. The molecule has 0 aliphatic carbocycles. The van der Waals surface area contributed by atoms with Gasteiger partial charge in [-0.3, -0.25) is 4.90 Å². The Morgan fingerprint density at radius 3 is 2.45 bits per heavy atom. The Labute approximate surface area is 118 Å². The van der Waals surface area contributed by atoms with Gasteiger partial charge >= 0.3 is 6.18 Å². The van der Waals surface area contributed by atoms with Crippen LogP contribution >= 0.6 is 0 Å². The Kier molecular flexibility index (Phi) is 5.05. The van der Waals surface area contributed by atoms with E-state index in [2.05, 4.69) is 12.2 Å². The second-order valence-corrected chi connectivity index (χ2v) is 5.35. The number of halogens is 3. The van der Waals surface area contributed by atoms with Crippen molar-refractivity contribution in [1.82, 2.24) is 10.2 Å². The summed E-state index contributed by atoms with van der Waals surface area (Å²) in [6, 6.07) is 8.12. The first-order valence-electron chi connectivity index (χ1n) is 7.06. The molecule has 1 atom stereocenters. The molecule has 2 rings (SSSR count). The van der Waals surface area contributed by atoms with Crippen molar-refractivity contribution in [3.8, 4) is 0 Å². The third kappa shape index (κ3) is 4.21. The molecule has 112 valence electrons. The van der Waals surface area contributed by atoms with Crippen LogP contribution in [-0.4, -0.2) is 37.3 Å². The number of hydrogen-bond acceptors (Lipinski definition) is 2. The van der Waals surface area contributed by atoms with Crippen molar-refractivity contribution in [1.29, 1.82) is 0 Å². The fourth-order valence-corrected chi connectivity index (χ4v) is 2.48. The zero-order valence-electron chi connectivity index (χ0n) is 11.7. The van der Waals surface area contributed by atoms with Crippen molar-refractivity contribution in [2.24, 2.45) is 5.92 Å². The van der Waals surface area contributed by atoms with Crippen molar-refractivity contribution < 1.29 is 13.2 Å². The van der Waals surface area contributed by atoms with Gasteiger partial charge in [0.05, 0.1) is 5.92 Å². The molecule has 1 N–H and O–H groups in total. The van der Waals surface area contributed by atoms with Gasteiger partial charge < -0.3 is 5.32 Å². The van der Waals surface area contributed by atoms with Gasteiger partial charge in [-0.25, -0.2) is 0 Å². The molecule has 0 saturated carbocycles. The summed E-state index contributed by atoms with van der Waals surface area (Å²) in [7, 11) is 0. The summed E-state index contributed by atoms with van der Waals surface area (Å²) in [5, 5.41) is 2.88. The first kappa shape index (κ1) is 15.3. The molecule has 5 heteroatoms. The molecular formula is C15H21F3N2. The SMILES string of the molecule is CCc1ccc(CN2CCNCC(C(F)(F)F)C2)cc1. The molecule has 1 fully saturated rings. The van der Waals surface area contributed by atoms with Crippen LogP contribution in [0.5, 0.6) is 0 Å². The molecule has 0 spiro atoms. The monoisotopic (exact) mass is 286 g/mol. The number of nitrogens with one attached hydrogen (secondary N) is 1. The summed E-state index contributed by atoms with van der Waals surface area (Å²) in [5.74, 6) is -1.28. The maximum Gasteiger partial charge on any atom is 0.394 e. The van der Waals surface area contributed by atoms with Crippen molar-refractivity contribution in [3.05, 3.63) is 35.4 Å². The smallest absolute Gasteiger partial charge is 0.315 e. The van der Waals surface area contributed by atoms with Gasteiger partial charge in [-0.15, -0.1) is 0 Å². The highest BCUT2D eigenvalue weighted by Gasteiger charge is 2.40. The normalized spacial score (nSPS) is 21.7. The summed E-state index contributed by atoms with van der Waals surface area (Å²) < 4.78 is 38.6. The predicted octanol–water partition coefficient (Wildman–Crippen LogP) is 2.83. The molecule has 1 aliphatic heterocycles. The Bertz CT molecular complexity index is 414. The largest absolute Gasteiger partial charge is 0.394 e. The summed E-state index contributed by atoms with van der Waals surface area (Å²) in [6.45, 7) is 4.03. The number of aryl methyl sites for hydroxylation is 1. The van der Waals surface area contributed by atoms with Crippen LogP contribution in [0.25, 0.3) is 0 Å². The lowest BCUT2D eigenvalue weighted by molar-refractivity contribution is -0.176. The first-order chi connectivity index (χ1) is 9.49. The zero-order chi connectivity index (χ0) is 14.6. The second-order valence-electron chi connectivity index (χ2n) is 5.35. The molecule has 2 nitrogen and oxygen atoms in total. The van der Waals surface area contributed by atoms with Gasteiger partial charge in [0.2, 0.25) is 0 Å². The Balaban J connectivity index is 1.99. The maximum absolute atomic E-state index is 12.9. The molecule has 1 saturated heterocycles. The molecule has 0 amide bonds. The first-order valence-corrected chi connectivity index (χ1v) is 7.06. The third-order valence-electron chi connectivity index (χ3n) is 3.77. The standard InChI is InChI=1S/C15H21F3N2/c1-2-12-3-5-13(6-4-12)10-20-8-7-19-9-14(11-20)15(16,17)18/h3-6,14,19H,2,7-11H2,1H3. The lowest BCUT2D eigenvalue weighted by Gasteiger charge is -2.25. The van der Waals surface area contributed by atoms with E-state index in [4.69, 9.17) is 0 Å². The quantitative estimate of drug-likeness (QED) is 0.919. The molecule has 1 unspecified atom stereocenters. The summed E-state index contributed by atoms with van der Waals surface area (Å²) in [6.07, 6.45) is -3.15. The number of alkyl halides is 3. The average molecular weight is 286 g/mol. The van der Waals surface area contributed by atoms with Crippen LogP contribution in [0.15, 0.2) is 24.3 Å². The van der Waals surface area contributed by atoms with Crippen LogP contribution in [0.2, 0.25) is 0 Å². The Morgan fingerprint density at radius 1 is 1.20 bits per heavy atom. The highest BCUT2D eigenvalue weighted by atomic mass is 19.4. The fraction of sp³-hybridized carbons (Fsp3) is 0.600. The van der Waals surface area contributed by atoms with E-state index < -0.39 is 12.1 Å². The minimum Gasteiger partial charge on any atom is -0.315 e. The Hall–Kier alpha value is -1.07. The maximum atomic E-state index is 12.9. The average Bonchev–Trinajstić information content (AvgIpc) is 2.65. The van der Waals surface area contributed by atoms with Crippen molar-refractivity contribution >= 4 is 0 Å². The van der Waals surface area contributed by atoms with Gasteiger partial charge in [0, 0.05) is 32.7 Å². The molecule has 1 heterocycles. The second kappa shape index (κ2) is 6.59. The summed E-state index contributed by atoms with van der Waals surface area (Å²) >= 11 is 0. The fourth-order valence-electron chi connectivity index (χ4n) is 2.48. The number of rotatable bonds is 3. The summed E-state index contributed by atoms with van der Waals surface area (Å²) in [5.41, 5.74) is 2.32. The summed E-state index contributed by atoms with van der Waals surface area (Å²) in [4.78, 5) is 1.89. The van der Waals surface area contributed by atoms with Crippen molar-refractivity contribution in [3.63, 3.8) is 0 Å². The van der Waals surface area contributed by atoms with Gasteiger partial charge in [-0.2, -0.15) is 13.2 Å². The van der Waals surface area contributed by atoms with Gasteiger partial charge in [0.1, 0.15) is 0 Å². The van der Waals surface area contributed by atoms with E-state index in [-0.39, 0.29) is 13.1 Å². The lowest BCUT2D eigenvalue weighted by Crippen LogP contribution is -2.37. The van der Waals surface area contributed by atoms with Crippen LogP contribution in [0, 0.1) is 5.92 Å². The number of nitrogens with zero attached hydrogens (tertiary/aromatic N) is 1. The molecule has 0 radical (unpaired) electrons. The van der Waals surface area contributed by atoms with Gasteiger partial charge in [-0.05, 0) is 17.5 Å². The molecular weight excluding hydrogens is 265 g/mol. The van der Waals surface area contributed by atoms with Crippen LogP contribution in [0.1, 0.15) is 18.1 Å². The third-order valence-corrected chi connectivity index (χ3v) is 3.77. The van der Waals surface area contributed by atoms with Crippen LogP contribution in [0.3, 0.4) is 0 Å². The van der Waals surface area contributed by atoms with Gasteiger partial charge in [0.15, 0.2) is 0 Å². The van der Waals surface area contributed by atoms with E-state index in [9.17, 15) is 13.2 Å². The molecule has 20 heavy (non-hydrogen) atoms.